The predicted octanol–water partition coefficient (Wildman–Crippen LogP) is 4.49. The molecule has 1 amide bonds. The number of amides is 1. The Morgan fingerprint density at radius 3 is 2.58 bits per heavy atom. The van der Waals surface area contributed by atoms with Gasteiger partial charge in [0.2, 0.25) is 0 Å². The van der Waals surface area contributed by atoms with Gasteiger partial charge in [0.1, 0.15) is 18.1 Å². The highest BCUT2D eigenvalue weighted by molar-refractivity contribution is 5.94. The molecule has 4 rings (SSSR count). The summed E-state index contributed by atoms with van der Waals surface area (Å²) in [6.07, 6.45) is 1.60. The molecule has 2 N–H and O–H groups in total. The average Bonchev–Trinajstić information content (AvgIpc) is 3.34. The summed E-state index contributed by atoms with van der Waals surface area (Å²) in [5, 5.41) is 11.1. The molecule has 0 saturated carbocycles. The number of carbonyl (C=O) groups excluding carboxylic acids is 1. The van der Waals surface area contributed by atoms with E-state index in [2.05, 4.69) is 20.7 Å². The molecule has 7 nitrogen and oxygen atoms in total. The summed E-state index contributed by atoms with van der Waals surface area (Å²) in [5.74, 6) is 0.363. The normalized spacial score (nSPS) is 10.8. The van der Waals surface area contributed by atoms with Gasteiger partial charge in [-0.15, -0.1) is 0 Å². The summed E-state index contributed by atoms with van der Waals surface area (Å²) in [6.45, 7) is 0.481. The quantitative estimate of drug-likeness (QED) is 0.313. The van der Waals surface area contributed by atoms with Crippen LogP contribution in [-0.4, -0.2) is 36.4 Å². The van der Waals surface area contributed by atoms with Crippen LogP contribution in [0.2, 0.25) is 0 Å². The van der Waals surface area contributed by atoms with Crippen LogP contribution in [0.4, 0.5) is 5.69 Å². The van der Waals surface area contributed by atoms with Crippen LogP contribution in [0.25, 0.3) is 11.3 Å². The molecule has 0 radical (unpaired) electrons. The maximum absolute atomic E-state index is 12.4. The van der Waals surface area contributed by atoms with Crippen LogP contribution < -0.4 is 15.1 Å². The van der Waals surface area contributed by atoms with Crippen molar-refractivity contribution in [1.82, 2.24) is 15.6 Å². The lowest BCUT2D eigenvalue weighted by Crippen LogP contribution is -2.18. The first-order valence-electron chi connectivity index (χ1n) is 10.5. The van der Waals surface area contributed by atoms with E-state index in [0.29, 0.717) is 18.0 Å². The summed E-state index contributed by atoms with van der Waals surface area (Å²) >= 11 is 0. The molecule has 33 heavy (non-hydrogen) atoms. The number of carbonyl (C=O) groups is 1. The standard InChI is InChI=1S/C26H25N5O2/c1-31(2)22-13-11-19(12-14-22)17-27-30-26(32)25-16-24(28-29-25)21-9-6-10-23(15-21)33-18-20-7-4-3-5-8-20/h3-17H,18H2,1-2H3,(H,28,29)(H,30,32)/b27-17-. The molecule has 0 aliphatic heterocycles. The average molecular weight is 440 g/mol. The zero-order valence-corrected chi connectivity index (χ0v) is 18.5. The van der Waals surface area contributed by atoms with Crippen LogP contribution in [0.15, 0.2) is 90.0 Å². The van der Waals surface area contributed by atoms with Gasteiger partial charge in [0.05, 0.1) is 11.9 Å². The van der Waals surface area contributed by atoms with Gasteiger partial charge in [0.15, 0.2) is 0 Å². The van der Waals surface area contributed by atoms with Gasteiger partial charge in [-0.2, -0.15) is 10.2 Å². The lowest BCUT2D eigenvalue weighted by Gasteiger charge is -2.11. The Morgan fingerprint density at radius 2 is 1.82 bits per heavy atom. The predicted molar refractivity (Wildman–Crippen MR) is 131 cm³/mol. The second-order valence-corrected chi connectivity index (χ2v) is 7.65. The van der Waals surface area contributed by atoms with E-state index in [4.69, 9.17) is 4.74 Å². The third kappa shape index (κ3) is 5.86. The maximum Gasteiger partial charge on any atom is 0.289 e. The molecule has 0 atom stereocenters. The summed E-state index contributed by atoms with van der Waals surface area (Å²) < 4.78 is 5.88. The third-order valence-electron chi connectivity index (χ3n) is 4.99. The highest BCUT2D eigenvalue weighted by Crippen LogP contribution is 2.23. The molecule has 0 saturated heterocycles. The van der Waals surface area contributed by atoms with Crippen molar-refractivity contribution in [2.75, 3.05) is 19.0 Å². The highest BCUT2D eigenvalue weighted by Gasteiger charge is 2.11. The van der Waals surface area contributed by atoms with Gasteiger partial charge in [0.25, 0.3) is 5.91 Å². The molecule has 0 bridgehead atoms. The van der Waals surface area contributed by atoms with E-state index in [1.807, 2.05) is 97.9 Å². The Morgan fingerprint density at radius 1 is 1.03 bits per heavy atom. The SMILES string of the molecule is CN(C)c1ccc(/C=N\NC(=O)c2cc(-c3cccc(OCc4ccccc4)c3)n[nH]2)cc1. The maximum atomic E-state index is 12.4. The molecule has 0 aliphatic rings. The smallest absolute Gasteiger partial charge is 0.289 e. The summed E-state index contributed by atoms with van der Waals surface area (Å²) in [5.41, 5.74) is 7.41. The largest absolute Gasteiger partial charge is 0.489 e. The molecule has 0 aliphatic carbocycles. The van der Waals surface area contributed by atoms with Crippen molar-refractivity contribution in [3.63, 3.8) is 0 Å². The Bertz CT molecular complexity index is 1230. The number of aromatic nitrogens is 2. The topological polar surface area (TPSA) is 82.6 Å². The molecule has 166 valence electrons. The van der Waals surface area contributed by atoms with Crippen molar-refractivity contribution in [2.24, 2.45) is 5.10 Å². The monoisotopic (exact) mass is 439 g/mol. The van der Waals surface area contributed by atoms with Gasteiger partial charge in [-0.1, -0.05) is 54.6 Å². The van der Waals surface area contributed by atoms with Gasteiger partial charge in [-0.05, 0) is 41.5 Å². The highest BCUT2D eigenvalue weighted by atomic mass is 16.5. The van der Waals surface area contributed by atoms with Crippen molar-refractivity contribution in [3.05, 3.63) is 102 Å². The fraction of sp³-hybridized carbons (Fsp3) is 0.115. The van der Waals surface area contributed by atoms with Crippen molar-refractivity contribution < 1.29 is 9.53 Å². The number of rotatable bonds is 8. The number of anilines is 1. The number of aromatic amines is 1. The second kappa shape index (κ2) is 10.3. The first-order chi connectivity index (χ1) is 16.1. The summed E-state index contributed by atoms with van der Waals surface area (Å²) in [4.78, 5) is 14.4. The zero-order chi connectivity index (χ0) is 23.0. The Hall–Kier alpha value is -4.39. The lowest BCUT2D eigenvalue weighted by molar-refractivity contribution is 0.0950. The Balaban J connectivity index is 1.36. The number of hydrogen-bond donors (Lipinski definition) is 2. The minimum atomic E-state index is -0.369. The van der Waals surface area contributed by atoms with E-state index in [1.165, 1.54) is 0 Å². The molecular formula is C26H25N5O2. The van der Waals surface area contributed by atoms with Crippen LogP contribution >= 0.6 is 0 Å². The van der Waals surface area contributed by atoms with Crippen molar-refractivity contribution >= 4 is 17.8 Å². The van der Waals surface area contributed by atoms with Gasteiger partial charge in [-0.3, -0.25) is 9.89 Å². The number of nitrogens with one attached hydrogen (secondary N) is 2. The molecular weight excluding hydrogens is 414 g/mol. The Labute approximate surface area is 192 Å². The molecule has 0 fully saturated rings. The third-order valence-corrected chi connectivity index (χ3v) is 4.99. The fourth-order valence-electron chi connectivity index (χ4n) is 3.16. The van der Waals surface area contributed by atoms with Gasteiger partial charge in [0, 0.05) is 25.3 Å². The number of H-pyrrole nitrogens is 1. The minimum Gasteiger partial charge on any atom is -0.489 e. The summed E-state index contributed by atoms with van der Waals surface area (Å²) in [7, 11) is 3.96. The molecule has 1 aromatic heterocycles. The molecule has 3 aromatic carbocycles. The van der Waals surface area contributed by atoms with Gasteiger partial charge >= 0.3 is 0 Å². The van der Waals surface area contributed by atoms with Crippen molar-refractivity contribution in [3.8, 4) is 17.0 Å². The van der Waals surface area contributed by atoms with Crippen LogP contribution in [0.5, 0.6) is 5.75 Å². The fourth-order valence-corrected chi connectivity index (χ4v) is 3.16. The number of hydrogen-bond acceptors (Lipinski definition) is 5. The lowest BCUT2D eigenvalue weighted by atomic mass is 10.1. The van der Waals surface area contributed by atoms with Crippen LogP contribution in [0.1, 0.15) is 21.6 Å². The van der Waals surface area contributed by atoms with Crippen molar-refractivity contribution in [2.45, 2.75) is 6.61 Å². The van der Waals surface area contributed by atoms with Crippen LogP contribution in [0, 0.1) is 0 Å². The molecule has 1 heterocycles. The van der Waals surface area contributed by atoms with E-state index in [-0.39, 0.29) is 5.91 Å². The van der Waals surface area contributed by atoms with Crippen LogP contribution in [0.3, 0.4) is 0 Å². The first kappa shape index (κ1) is 21.8. The van der Waals surface area contributed by atoms with E-state index in [9.17, 15) is 4.79 Å². The summed E-state index contributed by atoms with van der Waals surface area (Å²) in [6, 6.07) is 27.1. The van der Waals surface area contributed by atoms with E-state index in [0.717, 1.165) is 28.1 Å². The molecule has 0 unspecified atom stereocenters. The van der Waals surface area contributed by atoms with E-state index in [1.54, 1.807) is 12.3 Å². The number of nitrogens with zero attached hydrogens (tertiary/aromatic N) is 3. The first-order valence-corrected chi connectivity index (χ1v) is 10.5. The van der Waals surface area contributed by atoms with E-state index < -0.39 is 0 Å². The number of benzene rings is 3. The van der Waals surface area contributed by atoms with Crippen molar-refractivity contribution in [1.29, 1.82) is 0 Å². The van der Waals surface area contributed by atoms with Gasteiger partial charge < -0.3 is 9.64 Å². The number of hydrazone groups is 1. The number of ether oxygens (including phenoxy) is 1. The van der Waals surface area contributed by atoms with Crippen LogP contribution in [-0.2, 0) is 6.61 Å². The van der Waals surface area contributed by atoms with Gasteiger partial charge in [-0.25, -0.2) is 5.43 Å². The second-order valence-electron chi connectivity index (χ2n) is 7.65. The zero-order valence-electron chi connectivity index (χ0n) is 18.5. The van der Waals surface area contributed by atoms with E-state index >= 15 is 0 Å². The molecule has 0 spiro atoms. The molecule has 7 heteroatoms. The molecule has 4 aromatic rings. The Kier molecular flexibility index (Phi) is 6.80. The minimum absolute atomic E-state index is 0.320.